The van der Waals surface area contributed by atoms with Crippen LogP contribution in [0.25, 0.3) is 0 Å². The maximum absolute atomic E-state index is 4.26. The third-order valence-corrected chi connectivity index (χ3v) is 2.87. The molecule has 0 aliphatic carbocycles. The molecule has 2 rings (SSSR count). The SMILES string of the molecule is CCn1cc(CNN2CCCCC2)cn1. The molecular weight excluding hydrogens is 188 g/mol. The molecule has 1 fully saturated rings. The highest BCUT2D eigenvalue weighted by atomic mass is 15.5. The minimum Gasteiger partial charge on any atom is -0.273 e. The number of hydrogen-bond donors (Lipinski definition) is 1. The van der Waals surface area contributed by atoms with Crippen molar-refractivity contribution in [2.24, 2.45) is 0 Å². The molecule has 0 aromatic carbocycles. The molecule has 0 amide bonds. The van der Waals surface area contributed by atoms with Crippen molar-refractivity contribution in [2.75, 3.05) is 13.1 Å². The highest BCUT2D eigenvalue weighted by Crippen LogP contribution is 2.06. The molecule has 0 spiro atoms. The maximum Gasteiger partial charge on any atom is 0.0535 e. The number of nitrogens with one attached hydrogen (secondary N) is 1. The van der Waals surface area contributed by atoms with Crippen LogP contribution in [0, 0.1) is 0 Å². The standard InChI is InChI=1S/C11H20N4/c1-2-14-10-11(8-12-14)9-13-15-6-4-3-5-7-15/h8,10,13H,2-7,9H2,1H3. The van der Waals surface area contributed by atoms with Crippen molar-refractivity contribution in [2.45, 2.75) is 39.3 Å². The molecule has 0 atom stereocenters. The zero-order chi connectivity index (χ0) is 10.5. The molecule has 1 aromatic heterocycles. The normalized spacial score (nSPS) is 18.2. The maximum atomic E-state index is 4.26. The minimum atomic E-state index is 0.903. The van der Waals surface area contributed by atoms with Crippen LogP contribution >= 0.6 is 0 Å². The van der Waals surface area contributed by atoms with Crippen LogP contribution in [0.15, 0.2) is 12.4 Å². The first-order valence-corrected chi connectivity index (χ1v) is 5.88. The Morgan fingerprint density at radius 1 is 1.33 bits per heavy atom. The molecule has 1 aliphatic heterocycles. The Morgan fingerprint density at radius 2 is 2.13 bits per heavy atom. The molecule has 0 saturated carbocycles. The van der Waals surface area contributed by atoms with E-state index in [1.165, 1.54) is 37.9 Å². The molecule has 0 bridgehead atoms. The molecule has 4 nitrogen and oxygen atoms in total. The van der Waals surface area contributed by atoms with Gasteiger partial charge >= 0.3 is 0 Å². The molecule has 84 valence electrons. The minimum absolute atomic E-state index is 0.903. The van der Waals surface area contributed by atoms with Gasteiger partial charge in [-0.25, -0.2) is 5.01 Å². The van der Waals surface area contributed by atoms with Crippen molar-refractivity contribution in [1.82, 2.24) is 20.2 Å². The van der Waals surface area contributed by atoms with Crippen molar-refractivity contribution in [3.8, 4) is 0 Å². The van der Waals surface area contributed by atoms with Crippen LogP contribution < -0.4 is 5.43 Å². The van der Waals surface area contributed by atoms with Gasteiger partial charge < -0.3 is 0 Å². The quantitative estimate of drug-likeness (QED) is 0.812. The zero-order valence-corrected chi connectivity index (χ0v) is 9.45. The van der Waals surface area contributed by atoms with Crippen LogP contribution in [0.1, 0.15) is 31.7 Å². The molecule has 1 saturated heterocycles. The molecule has 2 heterocycles. The summed E-state index contributed by atoms with van der Waals surface area (Å²) in [5.41, 5.74) is 4.72. The van der Waals surface area contributed by atoms with E-state index in [4.69, 9.17) is 0 Å². The number of hydrazine groups is 1. The summed E-state index contributed by atoms with van der Waals surface area (Å²) in [5.74, 6) is 0. The first-order valence-electron chi connectivity index (χ1n) is 5.88. The lowest BCUT2D eigenvalue weighted by atomic mass is 10.2. The highest BCUT2D eigenvalue weighted by molar-refractivity contribution is 5.02. The number of aryl methyl sites for hydroxylation is 1. The number of piperidine rings is 1. The first-order chi connectivity index (χ1) is 7.38. The molecular formula is C11H20N4. The number of hydrogen-bond acceptors (Lipinski definition) is 3. The van der Waals surface area contributed by atoms with E-state index in [2.05, 4.69) is 28.7 Å². The lowest BCUT2D eigenvalue weighted by Gasteiger charge is -2.26. The fourth-order valence-corrected chi connectivity index (χ4v) is 1.93. The summed E-state index contributed by atoms with van der Waals surface area (Å²) in [5, 5.41) is 6.58. The second-order valence-electron chi connectivity index (χ2n) is 4.09. The topological polar surface area (TPSA) is 33.1 Å². The Labute approximate surface area is 91.2 Å². The average Bonchev–Trinajstić information content (AvgIpc) is 2.76. The van der Waals surface area contributed by atoms with Gasteiger partial charge in [0.05, 0.1) is 6.20 Å². The van der Waals surface area contributed by atoms with Crippen molar-refractivity contribution in [1.29, 1.82) is 0 Å². The number of nitrogens with zero attached hydrogens (tertiary/aromatic N) is 3. The van der Waals surface area contributed by atoms with Gasteiger partial charge in [-0.2, -0.15) is 5.10 Å². The van der Waals surface area contributed by atoms with Crippen molar-refractivity contribution in [3.63, 3.8) is 0 Å². The third kappa shape index (κ3) is 3.04. The van der Waals surface area contributed by atoms with Gasteiger partial charge in [0.25, 0.3) is 0 Å². The van der Waals surface area contributed by atoms with Crippen molar-refractivity contribution >= 4 is 0 Å². The first kappa shape index (κ1) is 10.6. The van der Waals surface area contributed by atoms with E-state index < -0.39 is 0 Å². The molecule has 4 heteroatoms. The predicted octanol–water partition coefficient (Wildman–Crippen LogP) is 1.39. The van der Waals surface area contributed by atoms with Crippen LogP contribution in [-0.2, 0) is 13.1 Å². The van der Waals surface area contributed by atoms with Gasteiger partial charge in [-0.3, -0.25) is 10.1 Å². The van der Waals surface area contributed by atoms with Crippen LogP contribution in [0.4, 0.5) is 0 Å². The van der Waals surface area contributed by atoms with Crippen LogP contribution in [-0.4, -0.2) is 27.9 Å². The molecule has 1 aromatic rings. The number of rotatable bonds is 4. The van der Waals surface area contributed by atoms with Crippen LogP contribution in [0.3, 0.4) is 0 Å². The summed E-state index contributed by atoms with van der Waals surface area (Å²) >= 11 is 0. The summed E-state index contributed by atoms with van der Waals surface area (Å²) in [6.07, 6.45) is 8.08. The Kier molecular flexibility index (Phi) is 3.75. The summed E-state index contributed by atoms with van der Waals surface area (Å²) in [4.78, 5) is 0. The smallest absolute Gasteiger partial charge is 0.0535 e. The zero-order valence-electron chi connectivity index (χ0n) is 9.45. The van der Waals surface area contributed by atoms with Gasteiger partial charge in [-0.15, -0.1) is 0 Å². The van der Waals surface area contributed by atoms with Gasteiger partial charge in [-0.05, 0) is 19.8 Å². The average molecular weight is 208 g/mol. The summed E-state index contributed by atoms with van der Waals surface area (Å²) < 4.78 is 1.97. The highest BCUT2D eigenvalue weighted by Gasteiger charge is 2.09. The lowest BCUT2D eigenvalue weighted by molar-refractivity contribution is 0.151. The van der Waals surface area contributed by atoms with Gasteiger partial charge in [0.1, 0.15) is 0 Å². The van der Waals surface area contributed by atoms with Gasteiger partial charge in [0.2, 0.25) is 0 Å². The Balaban J connectivity index is 1.76. The fraction of sp³-hybridized carbons (Fsp3) is 0.727. The predicted molar refractivity (Wildman–Crippen MR) is 60.2 cm³/mol. The monoisotopic (exact) mass is 208 g/mol. The molecule has 1 aliphatic rings. The Bertz CT molecular complexity index is 289. The van der Waals surface area contributed by atoms with Gasteiger partial charge in [0.15, 0.2) is 0 Å². The number of aromatic nitrogens is 2. The second kappa shape index (κ2) is 5.28. The molecule has 0 unspecified atom stereocenters. The van der Waals surface area contributed by atoms with E-state index in [-0.39, 0.29) is 0 Å². The van der Waals surface area contributed by atoms with Crippen LogP contribution in [0.2, 0.25) is 0 Å². The Hall–Kier alpha value is -0.870. The summed E-state index contributed by atoms with van der Waals surface area (Å²) in [6.45, 7) is 6.32. The fourth-order valence-electron chi connectivity index (χ4n) is 1.93. The van der Waals surface area contributed by atoms with E-state index >= 15 is 0 Å². The van der Waals surface area contributed by atoms with Crippen LogP contribution in [0.5, 0.6) is 0 Å². The molecule has 1 N–H and O–H groups in total. The van der Waals surface area contributed by atoms with Crippen molar-refractivity contribution in [3.05, 3.63) is 18.0 Å². The van der Waals surface area contributed by atoms with E-state index in [9.17, 15) is 0 Å². The lowest BCUT2D eigenvalue weighted by Crippen LogP contribution is -2.41. The largest absolute Gasteiger partial charge is 0.273 e. The summed E-state index contributed by atoms with van der Waals surface area (Å²) in [7, 11) is 0. The Morgan fingerprint density at radius 3 is 2.80 bits per heavy atom. The van der Waals surface area contributed by atoms with E-state index in [1.54, 1.807) is 0 Å². The van der Waals surface area contributed by atoms with E-state index in [1.807, 2.05) is 10.9 Å². The second-order valence-corrected chi connectivity index (χ2v) is 4.09. The van der Waals surface area contributed by atoms with Gasteiger partial charge in [-0.1, -0.05) is 6.42 Å². The van der Waals surface area contributed by atoms with E-state index in [0.717, 1.165) is 13.1 Å². The van der Waals surface area contributed by atoms with Gasteiger partial charge in [0, 0.05) is 37.9 Å². The molecule has 15 heavy (non-hydrogen) atoms. The molecule has 0 radical (unpaired) electrons. The van der Waals surface area contributed by atoms with E-state index in [0.29, 0.717) is 0 Å². The third-order valence-electron chi connectivity index (χ3n) is 2.87. The summed E-state index contributed by atoms with van der Waals surface area (Å²) in [6, 6.07) is 0. The van der Waals surface area contributed by atoms with Crippen molar-refractivity contribution < 1.29 is 0 Å².